The Bertz CT molecular complexity index is 1360. The number of hydrogen-bond acceptors (Lipinski definition) is 4. The summed E-state index contributed by atoms with van der Waals surface area (Å²) in [5, 5.41) is 13.2. The van der Waals surface area contributed by atoms with Gasteiger partial charge in [0, 0.05) is 11.4 Å². The van der Waals surface area contributed by atoms with E-state index in [4.69, 9.17) is 23.2 Å². The lowest BCUT2D eigenvalue weighted by Crippen LogP contribution is -2.31. The number of aryl methyl sites for hydroxylation is 2. The molecule has 1 fully saturated rings. The van der Waals surface area contributed by atoms with E-state index in [1.54, 1.807) is 36.4 Å². The van der Waals surface area contributed by atoms with E-state index in [1.165, 1.54) is 16.7 Å². The van der Waals surface area contributed by atoms with Gasteiger partial charge in [-0.2, -0.15) is 5.26 Å². The average Bonchev–Trinajstić information content (AvgIpc) is 3.15. The van der Waals surface area contributed by atoms with Crippen molar-refractivity contribution in [1.29, 1.82) is 5.26 Å². The van der Waals surface area contributed by atoms with Gasteiger partial charge in [-0.15, -0.1) is 0 Å². The largest absolute Gasteiger partial charge is 0.321 e. The molecular formula is C27H21Cl2N3O2S. The van der Waals surface area contributed by atoms with Crippen LogP contribution in [-0.2, 0) is 16.0 Å². The Kier molecular flexibility index (Phi) is 7.51. The van der Waals surface area contributed by atoms with Gasteiger partial charge in [-0.1, -0.05) is 82.5 Å². The van der Waals surface area contributed by atoms with Gasteiger partial charge in [0.15, 0.2) is 0 Å². The topological polar surface area (TPSA) is 73.2 Å². The Labute approximate surface area is 218 Å². The molecule has 1 N–H and O–H groups in total. The van der Waals surface area contributed by atoms with Gasteiger partial charge in [0.25, 0.3) is 5.91 Å². The van der Waals surface area contributed by atoms with Crippen LogP contribution < -0.4 is 10.2 Å². The third kappa shape index (κ3) is 5.38. The van der Waals surface area contributed by atoms with Crippen LogP contribution in [0.3, 0.4) is 0 Å². The van der Waals surface area contributed by atoms with E-state index in [-0.39, 0.29) is 16.5 Å². The summed E-state index contributed by atoms with van der Waals surface area (Å²) in [6.45, 7) is 3.89. The van der Waals surface area contributed by atoms with Crippen LogP contribution in [0.2, 0.25) is 10.0 Å². The van der Waals surface area contributed by atoms with Crippen LogP contribution in [0.5, 0.6) is 0 Å². The highest BCUT2D eigenvalue weighted by molar-refractivity contribution is 8.05. The SMILES string of the molecule is Cc1ccc(NC(=O)/C(C#N)=C2\S[C@@H](Cc3cccc(Cl)c3Cl)C(=O)N2c2ccc(C)cc2)cc1. The first-order valence-electron chi connectivity index (χ1n) is 10.8. The third-order valence-corrected chi connectivity index (χ3v) is 7.66. The summed E-state index contributed by atoms with van der Waals surface area (Å²) >= 11 is 13.7. The average molecular weight is 522 g/mol. The highest BCUT2D eigenvalue weighted by Crippen LogP contribution is 2.43. The number of nitrogens with one attached hydrogen (secondary N) is 1. The second-order valence-corrected chi connectivity index (χ2v) is 10.1. The van der Waals surface area contributed by atoms with E-state index in [1.807, 2.05) is 50.2 Å². The van der Waals surface area contributed by atoms with Crippen molar-refractivity contribution in [3.8, 4) is 6.07 Å². The predicted octanol–water partition coefficient (Wildman–Crippen LogP) is 6.68. The summed E-state index contributed by atoms with van der Waals surface area (Å²) in [4.78, 5) is 28.2. The Morgan fingerprint density at radius 3 is 2.29 bits per heavy atom. The van der Waals surface area contributed by atoms with Crippen molar-refractivity contribution in [3.63, 3.8) is 0 Å². The molecule has 0 radical (unpaired) electrons. The van der Waals surface area contributed by atoms with Crippen LogP contribution in [0.15, 0.2) is 77.3 Å². The van der Waals surface area contributed by atoms with Crippen LogP contribution >= 0.6 is 35.0 Å². The first-order chi connectivity index (χ1) is 16.8. The number of nitriles is 1. The lowest BCUT2D eigenvalue weighted by Gasteiger charge is -2.19. The fourth-order valence-corrected chi connectivity index (χ4v) is 5.34. The minimum Gasteiger partial charge on any atom is -0.321 e. The van der Waals surface area contributed by atoms with Crippen LogP contribution in [-0.4, -0.2) is 17.1 Å². The van der Waals surface area contributed by atoms with Gasteiger partial charge in [-0.05, 0) is 56.2 Å². The summed E-state index contributed by atoms with van der Waals surface area (Å²) in [6.07, 6.45) is 0.299. The highest BCUT2D eigenvalue weighted by atomic mass is 35.5. The number of carbonyl (C=O) groups is 2. The molecule has 0 bridgehead atoms. The molecular weight excluding hydrogens is 501 g/mol. The number of anilines is 2. The van der Waals surface area contributed by atoms with Crippen molar-refractivity contribution in [2.75, 3.05) is 10.2 Å². The van der Waals surface area contributed by atoms with Crippen LogP contribution in [0, 0.1) is 25.2 Å². The van der Waals surface area contributed by atoms with Gasteiger partial charge in [0.2, 0.25) is 5.91 Å². The molecule has 8 heteroatoms. The molecule has 1 saturated heterocycles. The van der Waals surface area contributed by atoms with E-state index in [0.29, 0.717) is 27.8 Å². The van der Waals surface area contributed by atoms with E-state index in [2.05, 4.69) is 5.32 Å². The third-order valence-electron chi connectivity index (χ3n) is 5.54. The number of benzene rings is 3. The molecule has 2 amide bonds. The van der Waals surface area contributed by atoms with Crippen molar-refractivity contribution >= 4 is 58.2 Å². The monoisotopic (exact) mass is 521 g/mol. The molecule has 1 aliphatic rings. The number of thioether (sulfide) groups is 1. The maximum Gasteiger partial charge on any atom is 0.269 e. The van der Waals surface area contributed by atoms with Crippen molar-refractivity contribution in [2.45, 2.75) is 25.5 Å². The summed E-state index contributed by atoms with van der Waals surface area (Å²) in [6, 6.07) is 21.9. The fraction of sp³-hybridized carbons (Fsp3) is 0.148. The van der Waals surface area contributed by atoms with Crippen molar-refractivity contribution in [1.82, 2.24) is 0 Å². The van der Waals surface area contributed by atoms with Crippen LogP contribution in [0.4, 0.5) is 11.4 Å². The second kappa shape index (κ2) is 10.6. The molecule has 5 nitrogen and oxygen atoms in total. The molecule has 35 heavy (non-hydrogen) atoms. The number of rotatable bonds is 5. The quantitative estimate of drug-likeness (QED) is 0.300. The summed E-state index contributed by atoms with van der Waals surface area (Å²) in [5.74, 6) is -0.814. The zero-order valence-electron chi connectivity index (χ0n) is 19.0. The molecule has 0 aliphatic carbocycles. The molecule has 1 aliphatic heterocycles. The summed E-state index contributed by atoms with van der Waals surface area (Å²) < 4.78 is 0. The first-order valence-corrected chi connectivity index (χ1v) is 12.4. The molecule has 1 atom stereocenters. The Hall–Kier alpha value is -3.24. The van der Waals surface area contributed by atoms with Crippen LogP contribution in [0.25, 0.3) is 0 Å². The van der Waals surface area contributed by atoms with Crippen molar-refractivity contribution in [2.24, 2.45) is 0 Å². The number of halogens is 2. The first kappa shape index (κ1) is 24.9. The molecule has 0 spiro atoms. The number of hydrogen-bond donors (Lipinski definition) is 1. The van der Waals surface area contributed by atoms with Gasteiger partial charge >= 0.3 is 0 Å². The number of nitrogens with zero attached hydrogens (tertiary/aromatic N) is 2. The lowest BCUT2D eigenvalue weighted by molar-refractivity contribution is -0.117. The maximum atomic E-state index is 13.6. The highest BCUT2D eigenvalue weighted by Gasteiger charge is 2.41. The van der Waals surface area contributed by atoms with Gasteiger partial charge in [-0.3, -0.25) is 14.5 Å². The Morgan fingerprint density at radius 1 is 1.03 bits per heavy atom. The maximum absolute atomic E-state index is 13.6. The molecule has 0 aromatic heterocycles. The smallest absolute Gasteiger partial charge is 0.269 e. The summed E-state index contributed by atoms with van der Waals surface area (Å²) in [7, 11) is 0. The van der Waals surface area contributed by atoms with Crippen molar-refractivity contribution in [3.05, 3.63) is 104 Å². The Balaban J connectivity index is 1.74. The van der Waals surface area contributed by atoms with Gasteiger partial charge < -0.3 is 5.32 Å². The summed E-state index contributed by atoms with van der Waals surface area (Å²) in [5.41, 5.74) is 3.80. The molecule has 0 saturated carbocycles. The molecule has 176 valence electrons. The number of carbonyl (C=O) groups excluding carboxylic acids is 2. The predicted molar refractivity (Wildman–Crippen MR) is 143 cm³/mol. The van der Waals surface area contributed by atoms with Gasteiger partial charge in [0.1, 0.15) is 16.7 Å². The molecule has 0 unspecified atom stereocenters. The van der Waals surface area contributed by atoms with E-state index in [0.717, 1.165) is 16.7 Å². The minimum absolute atomic E-state index is 0.135. The standard InChI is InChI=1S/C27H21Cl2N3O2S/c1-16-6-10-19(11-7-16)31-25(33)21(15-30)27-32(20-12-8-17(2)9-13-20)26(34)23(35-27)14-18-4-3-5-22(28)24(18)29/h3-13,23H,14H2,1-2H3,(H,31,33)/b27-21-/t23-/m0/s1. The van der Waals surface area contributed by atoms with E-state index < -0.39 is 11.2 Å². The molecule has 3 aromatic rings. The zero-order chi connectivity index (χ0) is 25.1. The van der Waals surface area contributed by atoms with E-state index >= 15 is 0 Å². The fourth-order valence-electron chi connectivity index (χ4n) is 3.65. The van der Waals surface area contributed by atoms with Gasteiger partial charge in [0.05, 0.1) is 15.3 Å². The zero-order valence-corrected chi connectivity index (χ0v) is 21.3. The molecule has 4 rings (SSSR count). The molecule has 1 heterocycles. The Morgan fingerprint density at radius 2 is 1.66 bits per heavy atom. The second-order valence-electron chi connectivity index (χ2n) is 8.14. The lowest BCUT2D eigenvalue weighted by atomic mass is 10.1. The van der Waals surface area contributed by atoms with Gasteiger partial charge in [-0.25, -0.2) is 0 Å². The van der Waals surface area contributed by atoms with Crippen molar-refractivity contribution < 1.29 is 9.59 Å². The number of amides is 2. The normalized spacial score (nSPS) is 16.7. The minimum atomic E-state index is -0.585. The molecule has 3 aromatic carbocycles. The van der Waals surface area contributed by atoms with E-state index in [9.17, 15) is 14.9 Å². The van der Waals surface area contributed by atoms with Crippen LogP contribution in [0.1, 0.15) is 16.7 Å².